The first-order valence-corrected chi connectivity index (χ1v) is 6.07. The van der Waals surface area contributed by atoms with Gasteiger partial charge in [0.25, 0.3) is 0 Å². The van der Waals surface area contributed by atoms with E-state index in [4.69, 9.17) is 11.6 Å². The number of aryl methyl sites for hydroxylation is 1. The van der Waals surface area contributed by atoms with Gasteiger partial charge in [0.15, 0.2) is 0 Å². The van der Waals surface area contributed by atoms with Crippen molar-refractivity contribution < 1.29 is 4.79 Å². The summed E-state index contributed by atoms with van der Waals surface area (Å²) in [5.41, 5.74) is 1.92. The summed E-state index contributed by atoms with van der Waals surface area (Å²) in [7, 11) is 0. The minimum atomic E-state index is -0.0966. The zero-order chi connectivity index (χ0) is 12.0. The van der Waals surface area contributed by atoms with Crippen molar-refractivity contribution in [2.75, 3.05) is 5.32 Å². The molecule has 0 aliphatic heterocycles. The fraction of sp³-hybridized carbons (Fsp3) is 0.462. The molecule has 2 nitrogen and oxygen atoms in total. The Balaban J connectivity index is 2.63. The highest BCUT2D eigenvalue weighted by Crippen LogP contribution is 2.23. The molecule has 1 amide bonds. The van der Waals surface area contributed by atoms with Crippen LogP contribution >= 0.6 is 11.6 Å². The Morgan fingerprint density at radius 1 is 1.38 bits per heavy atom. The van der Waals surface area contributed by atoms with E-state index in [1.807, 2.05) is 18.2 Å². The Hall–Kier alpha value is -1.02. The molecule has 0 heterocycles. The van der Waals surface area contributed by atoms with E-state index in [1.165, 1.54) is 31.7 Å². The maximum absolute atomic E-state index is 10.9. The molecule has 1 N–H and O–H groups in total. The molecule has 0 atom stereocenters. The van der Waals surface area contributed by atoms with Crippen molar-refractivity contribution in [2.24, 2.45) is 0 Å². The van der Waals surface area contributed by atoms with E-state index in [2.05, 4.69) is 12.2 Å². The summed E-state index contributed by atoms with van der Waals surface area (Å²) in [6.45, 7) is 3.67. The van der Waals surface area contributed by atoms with Crippen molar-refractivity contribution in [3.63, 3.8) is 0 Å². The van der Waals surface area contributed by atoms with Crippen LogP contribution in [0.15, 0.2) is 18.2 Å². The largest absolute Gasteiger partial charge is 0.325 e. The maximum Gasteiger partial charge on any atom is 0.221 e. The molecule has 1 rings (SSSR count). The number of benzene rings is 1. The summed E-state index contributed by atoms with van der Waals surface area (Å²) in [6.07, 6.45) is 4.70. The standard InChI is InChI=1S/C13H18ClNO/c1-3-4-5-6-11-7-8-13(12(14)9-11)15-10(2)16/h7-9H,3-6H2,1-2H3,(H,15,16). The Kier molecular flexibility index (Phi) is 5.33. The topological polar surface area (TPSA) is 29.1 Å². The number of anilines is 1. The molecule has 88 valence electrons. The van der Waals surface area contributed by atoms with Gasteiger partial charge in [0, 0.05) is 6.92 Å². The Morgan fingerprint density at radius 3 is 2.69 bits per heavy atom. The van der Waals surface area contributed by atoms with Crippen LogP contribution in [0, 0.1) is 0 Å². The molecule has 0 aliphatic carbocycles. The number of halogens is 1. The van der Waals surface area contributed by atoms with Gasteiger partial charge in [0.05, 0.1) is 10.7 Å². The van der Waals surface area contributed by atoms with E-state index in [0.717, 1.165) is 6.42 Å². The van der Waals surface area contributed by atoms with E-state index in [9.17, 15) is 4.79 Å². The second-order valence-corrected chi connectivity index (χ2v) is 4.36. The van der Waals surface area contributed by atoms with Gasteiger partial charge in [-0.2, -0.15) is 0 Å². The van der Waals surface area contributed by atoms with Gasteiger partial charge in [-0.3, -0.25) is 4.79 Å². The molecular formula is C13H18ClNO. The van der Waals surface area contributed by atoms with Gasteiger partial charge in [-0.1, -0.05) is 37.4 Å². The molecule has 0 aliphatic rings. The van der Waals surface area contributed by atoms with E-state index in [0.29, 0.717) is 10.7 Å². The highest BCUT2D eigenvalue weighted by Gasteiger charge is 2.03. The molecule has 0 saturated carbocycles. The normalized spacial score (nSPS) is 10.2. The molecule has 0 radical (unpaired) electrons. The van der Waals surface area contributed by atoms with Gasteiger partial charge in [-0.15, -0.1) is 0 Å². The first-order valence-electron chi connectivity index (χ1n) is 5.69. The zero-order valence-corrected chi connectivity index (χ0v) is 10.6. The van der Waals surface area contributed by atoms with Crippen LogP contribution in [0.3, 0.4) is 0 Å². The average molecular weight is 240 g/mol. The lowest BCUT2D eigenvalue weighted by molar-refractivity contribution is -0.114. The Morgan fingerprint density at radius 2 is 2.12 bits per heavy atom. The van der Waals surface area contributed by atoms with Crippen LogP contribution in [-0.2, 0) is 11.2 Å². The molecule has 0 bridgehead atoms. The summed E-state index contributed by atoms with van der Waals surface area (Å²) in [4.78, 5) is 10.9. The van der Waals surface area contributed by atoms with Crippen LogP contribution in [0.5, 0.6) is 0 Å². The fourth-order valence-electron chi connectivity index (χ4n) is 1.58. The quantitative estimate of drug-likeness (QED) is 0.773. The van der Waals surface area contributed by atoms with E-state index in [-0.39, 0.29) is 5.91 Å². The smallest absolute Gasteiger partial charge is 0.221 e. The molecule has 0 saturated heterocycles. The van der Waals surface area contributed by atoms with Gasteiger partial charge in [0.2, 0.25) is 5.91 Å². The molecule has 16 heavy (non-hydrogen) atoms. The Labute approximate surface area is 102 Å². The number of rotatable bonds is 5. The van der Waals surface area contributed by atoms with Gasteiger partial charge in [0.1, 0.15) is 0 Å². The number of hydrogen-bond acceptors (Lipinski definition) is 1. The minimum Gasteiger partial charge on any atom is -0.325 e. The SMILES string of the molecule is CCCCCc1ccc(NC(C)=O)c(Cl)c1. The first-order chi connectivity index (χ1) is 7.63. The summed E-state index contributed by atoms with van der Waals surface area (Å²) in [5.74, 6) is -0.0966. The molecule has 1 aromatic rings. The van der Waals surface area contributed by atoms with Crippen LogP contribution in [-0.4, -0.2) is 5.91 Å². The maximum atomic E-state index is 10.9. The number of unbranched alkanes of at least 4 members (excludes halogenated alkanes) is 2. The number of nitrogens with one attached hydrogen (secondary N) is 1. The van der Waals surface area contributed by atoms with Gasteiger partial charge in [-0.05, 0) is 30.5 Å². The lowest BCUT2D eigenvalue weighted by Crippen LogP contribution is -2.06. The summed E-state index contributed by atoms with van der Waals surface area (Å²) < 4.78 is 0. The third kappa shape index (κ3) is 4.23. The first kappa shape index (κ1) is 13.0. The Bertz CT molecular complexity index is 363. The minimum absolute atomic E-state index is 0.0966. The van der Waals surface area contributed by atoms with E-state index >= 15 is 0 Å². The lowest BCUT2D eigenvalue weighted by Gasteiger charge is -2.07. The molecule has 1 aromatic carbocycles. The number of hydrogen-bond donors (Lipinski definition) is 1. The third-order valence-corrected chi connectivity index (χ3v) is 2.73. The van der Waals surface area contributed by atoms with Crippen LogP contribution in [0.4, 0.5) is 5.69 Å². The van der Waals surface area contributed by atoms with Crippen molar-refractivity contribution in [2.45, 2.75) is 39.5 Å². The van der Waals surface area contributed by atoms with Crippen molar-refractivity contribution in [1.82, 2.24) is 0 Å². The van der Waals surface area contributed by atoms with Crippen LogP contribution in [0.2, 0.25) is 5.02 Å². The zero-order valence-electron chi connectivity index (χ0n) is 9.85. The predicted molar refractivity (Wildman–Crippen MR) is 69.0 cm³/mol. The molecule has 3 heteroatoms. The van der Waals surface area contributed by atoms with Crippen LogP contribution in [0.1, 0.15) is 38.7 Å². The monoisotopic (exact) mass is 239 g/mol. The highest BCUT2D eigenvalue weighted by atomic mass is 35.5. The number of amides is 1. The van der Waals surface area contributed by atoms with Gasteiger partial charge in [-0.25, -0.2) is 0 Å². The second-order valence-electron chi connectivity index (χ2n) is 3.95. The van der Waals surface area contributed by atoms with E-state index in [1.54, 1.807) is 0 Å². The summed E-state index contributed by atoms with van der Waals surface area (Å²) in [6, 6.07) is 5.82. The lowest BCUT2D eigenvalue weighted by atomic mass is 10.1. The van der Waals surface area contributed by atoms with Crippen molar-refractivity contribution in [3.05, 3.63) is 28.8 Å². The van der Waals surface area contributed by atoms with E-state index < -0.39 is 0 Å². The molecule has 0 fully saturated rings. The second kappa shape index (κ2) is 6.54. The van der Waals surface area contributed by atoms with Crippen molar-refractivity contribution >= 4 is 23.2 Å². The molecule has 0 unspecified atom stereocenters. The third-order valence-electron chi connectivity index (χ3n) is 2.41. The average Bonchev–Trinajstić information content (AvgIpc) is 2.22. The summed E-state index contributed by atoms with van der Waals surface area (Å²) in [5, 5.41) is 3.31. The summed E-state index contributed by atoms with van der Waals surface area (Å²) >= 11 is 6.07. The van der Waals surface area contributed by atoms with Crippen molar-refractivity contribution in [1.29, 1.82) is 0 Å². The number of carbonyl (C=O) groups excluding carboxylic acids is 1. The molecule has 0 aromatic heterocycles. The molecular weight excluding hydrogens is 222 g/mol. The van der Waals surface area contributed by atoms with Gasteiger partial charge >= 0.3 is 0 Å². The highest BCUT2D eigenvalue weighted by molar-refractivity contribution is 6.33. The van der Waals surface area contributed by atoms with Crippen molar-refractivity contribution in [3.8, 4) is 0 Å². The molecule has 0 spiro atoms. The van der Waals surface area contributed by atoms with Crippen LogP contribution in [0.25, 0.3) is 0 Å². The predicted octanol–water partition coefficient (Wildman–Crippen LogP) is 4.03. The van der Waals surface area contributed by atoms with Gasteiger partial charge < -0.3 is 5.32 Å². The fourth-order valence-corrected chi connectivity index (χ4v) is 1.83. The number of carbonyl (C=O) groups is 1. The van der Waals surface area contributed by atoms with Crippen LogP contribution < -0.4 is 5.32 Å².